The van der Waals surface area contributed by atoms with Crippen LogP contribution in [0.2, 0.25) is 0 Å². The molecule has 20 heavy (non-hydrogen) atoms. The van der Waals surface area contributed by atoms with Crippen LogP contribution in [-0.4, -0.2) is 48.0 Å². The molecule has 2 saturated heterocycles. The molecule has 2 fully saturated rings. The van der Waals surface area contributed by atoms with Gasteiger partial charge in [-0.25, -0.2) is 0 Å². The number of pyridine rings is 1. The summed E-state index contributed by atoms with van der Waals surface area (Å²) in [6, 6.07) is 4.61. The molecule has 1 aromatic heterocycles. The standard InChI is InChI=1S/C15H22N4O/c1-16-11-4-6-17-14(10-11)15(20)18-12-5-8-19-7-2-3-13(19)9-12/h4,6,10,12-13H,2-3,5,7-9H2,1H3,(H,16,17)(H,18,20). The van der Waals surface area contributed by atoms with Crippen LogP contribution in [0, 0.1) is 0 Å². The Bertz CT molecular complexity index is 491. The molecule has 3 rings (SSSR count). The lowest BCUT2D eigenvalue weighted by atomic mass is 9.97. The Morgan fingerprint density at radius 2 is 2.30 bits per heavy atom. The van der Waals surface area contributed by atoms with Crippen LogP contribution in [-0.2, 0) is 0 Å². The summed E-state index contributed by atoms with van der Waals surface area (Å²) in [7, 11) is 1.84. The van der Waals surface area contributed by atoms with Gasteiger partial charge in [0, 0.05) is 37.6 Å². The summed E-state index contributed by atoms with van der Waals surface area (Å²) >= 11 is 0. The van der Waals surface area contributed by atoms with Gasteiger partial charge in [-0.3, -0.25) is 9.78 Å². The molecule has 3 heterocycles. The molecule has 0 aromatic carbocycles. The quantitative estimate of drug-likeness (QED) is 0.876. The van der Waals surface area contributed by atoms with E-state index in [0.29, 0.717) is 17.8 Å². The fourth-order valence-corrected chi connectivity index (χ4v) is 3.33. The fourth-order valence-electron chi connectivity index (χ4n) is 3.33. The van der Waals surface area contributed by atoms with Crippen molar-refractivity contribution in [3.63, 3.8) is 0 Å². The molecule has 0 aliphatic carbocycles. The number of hydrogen-bond acceptors (Lipinski definition) is 4. The molecule has 5 nitrogen and oxygen atoms in total. The number of nitrogens with one attached hydrogen (secondary N) is 2. The SMILES string of the molecule is CNc1ccnc(C(=O)NC2CCN3CCCC3C2)c1. The average Bonchev–Trinajstić information content (AvgIpc) is 2.95. The van der Waals surface area contributed by atoms with Crippen molar-refractivity contribution in [2.24, 2.45) is 0 Å². The van der Waals surface area contributed by atoms with Crippen molar-refractivity contribution in [1.82, 2.24) is 15.2 Å². The minimum Gasteiger partial charge on any atom is -0.388 e. The van der Waals surface area contributed by atoms with Gasteiger partial charge in [-0.15, -0.1) is 0 Å². The van der Waals surface area contributed by atoms with Crippen molar-refractivity contribution in [1.29, 1.82) is 0 Å². The lowest BCUT2D eigenvalue weighted by Gasteiger charge is -2.35. The molecule has 2 unspecified atom stereocenters. The fraction of sp³-hybridized carbons (Fsp3) is 0.600. The average molecular weight is 274 g/mol. The number of amides is 1. The summed E-state index contributed by atoms with van der Waals surface area (Å²) in [4.78, 5) is 19.0. The van der Waals surface area contributed by atoms with E-state index in [1.807, 2.05) is 13.1 Å². The molecule has 2 atom stereocenters. The number of fused-ring (bicyclic) bond motifs is 1. The topological polar surface area (TPSA) is 57.3 Å². The van der Waals surface area contributed by atoms with Gasteiger partial charge < -0.3 is 15.5 Å². The third kappa shape index (κ3) is 2.77. The van der Waals surface area contributed by atoms with Gasteiger partial charge in [-0.05, 0) is 44.4 Å². The number of nitrogens with zero attached hydrogens (tertiary/aromatic N) is 2. The van der Waals surface area contributed by atoms with E-state index in [1.54, 1.807) is 12.3 Å². The number of aromatic nitrogens is 1. The first-order chi connectivity index (χ1) is 9.76. The smallest absolute Gasteiger partial charge is 0.270 e. The number of carbonyl (C=O) groups is 1. The zero-order chi connectivity index (χ0) is 13.9. The first-order valence-electron chi connectivity index (χ1n) is 7.45. The van der Waals surface area contributed by atoms with E-state index in [0.717, 1.165) is 25.1 Å². The summed E-state index contributed by atoms with van der Waals surface area (Å²) in [6.07, 6.45) is 6.38. The van der Waals surface area contributed by atoms with Gasteiger partial charge in [-0.1, -0.05) is 0 Å². The van der Waals surface area contributed by atoms with Crippen LogP contribution in [0.1, 0.15) is 36.2 Å². The number of rotatable bonds is 3. The summed E-state index contributed by atoms with van der Waals surface area (Å²) < 4.78 is 0. The zero-order valence-corrected chi connectivity index (χ0v) is 11.9. The minimum atomic E-state index is -0.0569. The Labute approximate surface area is 119 Å². The predicted octanol–water partition coefficient (Wildman–Crippen LogP) is 1.48. The summed E-state index contributed by atoms with van der Waals surface area (Å²) in [5, 5.41) is 6.17. The molecule has 1 aromatic rings. The highest BCUT2D eigenvalue weighted by Gasteiger charge is 2.32. The van der Waals surface area contributed by atoms with Crippen molar-refractivity contribution in [3.05, 3.63) is 24.0 Å². The van der Waals surface area contributed by atoms with Crippen LogP contribution in [0.15, 0.2) is 18.3 Å². The predicted molar refractivity (Wildman–Crippen MR) is 78.9 cm³/mol. The summed E-state index contributed by atoms with van der Waals surface area (Å²) in [5.74, 6) is -0.0569. The van der Waals surface area contributed by atoms with E-state index in [-0.39, 0.29) is 5.91 Å². The second kappa shape index (κ2) is 5.79. The van der Waals surface area contributed by atoms with E-state index in [4.69, 9.17) is 0 Å². The highest BCUT2D eigenvalue weighted by Crippen LogP contribution is 2.26. The van der Waals surface area contributed by atoms with Gasteiger partial charge in [-0.2, -0.15) is 0 Å². The van der Waals surface area contributed by atoms with Gasteiger partial charge in [0.25, 0.3) is 5.91 Å². The molecule has 1 amide bonds. The van der Waals surface area contributed by atoms with Gasteiger partial charge in [0.2, 0.25) is 0 Å². The van der Waals surface area contributed by atoms with Crippen LogP contribution >= 0.6 is 0 Å². The molecule has 2 N–H and O–H groups in total. The lowest BCUT2D eigenvalue weighted by Crippen LogP contribution is -2.47. The Morgan fingerprint density at radius 3 is 3.15 bits per heavy atom. The van der Waals surface area contributed by atoms with Crippen molar-refractivity contribution in [2.75, 3.05) is 25.5 Å². The Hall–Kier alpha value is -1.62. The van der Waals surface area contributed by atoms with Gasteiger partial charge in [0.05, 0.1) is 0 Å². The number of piperidine rings is 1. The maximum absolute atomic E-state index is 12.3. The molecule has 5 heteroatoms. The molecule has 0 radical (unpaired) electrons. The monoisotopic (exact) mass is 274 g/mol. The Morgan fingerprint density at radius 1 is 1.40 bits per heavy atom. The Kier molecular flexibility index (Phi) is 3.87. The summed E-state index contributed by atoms with van der Waals surface area (Å²) in [6.45, 7) is 2.34. The highest BCUT2D eigenvalue weighted by atomic mass is 16.1. The van der Waals surface area contributed by atoms with Crippen molar-refractivity contribution >= 4 is 11.6 Å². The second-order valence-corrected chi connectivity index (χ2v) is 5.71. The molecule has 108 valence electrons. The van der Waals surface area contributed by atoms with Gasteiger partial charge >= 0.3 is 0 Å². The third-order valence-electron chi connectivity index (χ3n) is 4.44. The van der Waals surface area contributed by atoms with Crippen molar-refractivity contribution in [3.8, 4) is 0 Å². The van der Waals surface area contributed by atoms with Crippen LogP contribution in [0.25, 0.3) is 0 Å². The Balaban J connectivity index is 1.61. The molecule has 0 bridgehead atoms. The first kappa shape index (κ1) is 13.4. The number of anilines is 1. The molecule has 0 spiro atoms. The second-order valence-electron chi connectivity index (χ2n) is 5.71. The van der Waals surface area contributed by atoms with Gasteiger partial charge in [0.15, 0.2) is 0 Å². The number of hydrogen-bond donors (Lipinski definition) is 2. The number of carbonyl (C=O) groups excluding carboxylic acids is 1. The largest absolute Gasteiger partial charge is 0.388 e. The maximum Gasteiger partial charge on any atom is 0.270 e. The molecule has 0 saturated carbocycles. The van der Waals surface area contributed by atoms with Crippen LogP contribution in [0.5, 0.6) is 0 Å². The normalized spacial score (nSPS) is 26.1. The lowest BCUT2D eigenvalue weighted by molar-refractivity contribution is 0.0891. The van der Waals surface area contributed by atoms with Crippen molar-refractivity contribution < 1.29 is 4.79 Å². The van der Waals surface area contributed by atoms with Crippen LogP contribution in [0.3, 0.4) is 0 Å². The first-order valence-corrected chi connectivity index (χ1v) is 7.45. The molecule has 2 aliphatic rings. The minimum absolute atomic E-state index is 0.0569. The van der Waals surface area contributed by atoms with Crippen LogP contribution < -0.4 is 10.6 Å². The highest BCUT2D eigenvalue weighted by molar-refractivity contribution is 5.93. The van der Waals surface area contributed by atoms with Crippen molar-refractivity contribution in [2.45, 2.75) is 37.8 Å². The van der Waals surface area contributed by atoms with E-state index in [9.17, 15) is 4.79 Å². The summed E-state index contributed by atoms with van der Waals surface area (Å²) in [5.41, 5.74) is 1.40. The molecular formula is C15H22N4O. The van der Waals surface area contributed by atoms with E-state index < -0.39 is 0 Å². The molecule has 2 aliphatic heterocycles. The van der Waals surface area contributed by atoms with Gasteiger partial charge in [0.1, 0.15) is 5.69 Å². The molecular weight excluding hydrogens is 252 g/mol. The zero-order valence-electron chi connectivity index (χ0n) is 11.9. The third-order valence-corrected chi connectivity index (χ3v) is 4.44. The van der Waals surface area contributed by atoms with E-state index in [1.165, 1.54) is 19.4 Å². The maximum atomic E-state index is 12.3. The van der Waals surface area contributed by atoms with E-state index in [2.05, 4.69) is 20.5 Å². The van der Waals surface area contributed by atoms with E-state index >= 15 is 0 Å². The van der Waals surface area contributed by atoms with Crippen LogP contribution in [0.4, 0.5) is 5.69 Å².